The van der Waals surface area contributed by atoms with Crippen LogP contribution in [0.3, 0.4) is 0 Å². The first kappa shape index (κ1) is 8.31. The fourth-order valence-electron chi connectivity index (χ4n) is 1.31. The van der Waals surface area contributed by atoms with Crippen LogP contribution in [0, 0.1) is 0 Å². The molecule has 0 radical (unpaired) electrons. The Balaban J connectivity index is 2.86. The summed E-state index contributed by atoms with van der Waals surface area (Å²) in [5, 5.41) is 9.59. The van der Waals surface area contributed by atoms with Gasteiger partial charge in [0, 0.05) is 16.1 Å². The van der Waals surface area contributed by atoms with Gasteiger partial charge in [-0.1, -0.05) is 0 Å². The monoisotopic (exact) mass is 239 g/mol. The molecule has 0 saturated carbocycles. The summed E-state index contributed by atoms with van der Waals surface area (Å²) in [5.74, 6) is -0.905. The Morgan fingerprint density at radius 1 is 1.38 bits per heavy atom. The fraction of sp³-hybridized carbons (Fsp3) is 0. The summed E-state index contributed by atoms with van der Waals surface area (Å²) in [4.78, 5) is 13.8. The highest BCUT2D eigenvalue weighted by molar-refractivity contribution is 9.10. The van der Waals surface area contributed by atoms with Gasteiger partial charge in [-0.25, -0.2) is 4.79 Å². The Morgan fingerprint density at radius 3 is 2.85 bits per heavy atom. The van der Waals surface area contributed by atoms with Crippen LogP contribution in [-0.4, -0.2) is 16.1 Å². The smallest absolute Gasteiger partial charge is 0.336 e. The Bertz CT molecular complexity index is 475. The number of rotatable bonds is 1. The average Bonchev–Trinajstić information content (AvgIpc) is 2.53. The van der Waals surface area contributed by atoms with E-state index < -0.39 is 5.97 Å². The maximum atomic E-state index is 10.8. The topological polar surface area (TPSA) is 53.1 Å². The molecule has 0 bridgehead atoms. The number of hydrogen-bond donors (Lipinski definition) is 2. The highest BCUT2D eigenvalue weighted by Gasteiger charge is 2.10. The average molecular weight is 240 g/mol. The molecular weight excluding hydrogens is 234 g/mol. The number of carboxylic acid groups (broad SMARTS) is 1. The summed E-state index contributed by atoms with van der Waals surface area (Å²) in [7, 11) is 0. The number of fused-ring (bicyclic) bond motifs is 1. The van der Waals surface area contributed by atoms with Crippen molar-refractivity contribution in [3.05, 3.63) is 34.4 Å². The lowest BCUT2D eigenvalue weighted by Gasteiger charge is -1.98. The lowest BCUT2D eigenvalue weighted by Crippen LogP contribution is -1.96. The Labute approximate surface area is 82.5 Å². The van der Waals surface area contributed by atoms with Crippen molar-refractivity contribution in [2.45, 2.75) is 0 Å². The number of halogens is 1. The Morgan fingerprint density at radius 2 is 2.15 bits per heavy atom. The largest absolute Gasteiger partial charge is 0.478 e. The Kier molecular flexibility index (Phi) is 1.84. The van der Waals surface area contributed by atoms with Crippen LogP contribution in [0.25, 0.3) is 10.9 Å². The SMILES string of the molecule is O=C(O)c1ccc(Br)c2[nH]ccc12. The number of aromatic amines is 1. The summed E-state index contributed by atoms with van der Waals surface area (Å²) in [6.45, 7) is 0. The number of carboxylic acids is 1. The van der Waals surface area contributed by atoms with Crippen molar-refractivity contribution in [3.8, 4) is 0 Å². The van der Waals surface area contributed by atoms with Crippen LogP contribution in [0.2, 0.25) is 0 Å². The van der Waals surface area contributed by atoms with E-state index in [-0.39, 0.29) is 0 Å². The van der Waals surface area contributed by atoms with E-state index in [9.17, 15) is 4.79 Å². The molecule has 3 nitrogen and oxygen atoms in total. The lowest BCUT2D eigenvalue weighted by molar-refractivity contribution is 0.0699. The predicted octanol–water partition coefficient (Wildman–Crippen LogP) is 2.63. The van der Waals surface area contributed by atoms with E-state index in [0.717, 1.165) is 15.4 Å². The zero-order chi connectivity index (χ0) is 9.42. The molecule has 1 aromatic heterocycles. The van der Waals surface area contributed by atoms with E-state index in [1.807, 2.05) is 0 Å². The molecule has 13 heavy (non-hydrogen) atoms. The van der Waals surface area contributed by atoms with Gasteiger partial charge in [0.1, 0.15) is 0 Å². The maximum Gasteiger partial charge on any atom is 0.336 e. The number of aromatic nitrogens is 1. The first-order valence-corrected chi connectivity index (χ1v) is 4.48. The quantitative estimate of drug-likeness (QED) is 0.804. The maximum absolute atomic E-state index is 10.8. The van der Waals surface area contributed by atoms with Gasteiger partial charge in [0.25, 0.3) is 0 Å². The van der Waals surface area contributed by atoms with Crippen molar-refractivity contribution in [2.24, 2.45) is 0 Å². The molecule has 0 aliphatic carbocycles. The molecular formula is C9H6BrNO2. The summed E-state index contributed by atoms with van der Waals surface area (Å²) in [6, 6.07) is 5.06. The molecule has 2 aromatic rings. The standard InChI is InChI=1S/C9H6BrNO2/c10-7-2-1-6(9(12)13)5-3-4-11-8(5)7/h1-4,11H,(H,12,13). The molecule has 0 aliphatic rings. The first-order chi connectivity index (χ1) is 6.20. The van der Waals surface area contributed by atoms with Gasteiger partial charge in [-0.3, -0.25) is 0 Å². The molecule has 2 rings (SSSR count). The van der Waals surface area contributed by atoms with Crippen LogP contribution in [0.4, 0.5) is 0 Å². The minimum absolute atomic E-state index is 0.319. The van der Waals surface area contributed by atoms with Gasteiger partial charge in [-0.05, 0) is 34.1 Å². The van der Waals surface area contributed by atoms with Crippen molar-refractivity contribution in [3.63, 3.8) is 0 Å². The van der Waals surface area contributed by atoms with E-state index >= 15 is 0 Å². The fourth-order valence-corrected chi connectivity index (χ4v) is 1.77. The highest BCUT2D eigenvalue weighted by atomic mass is 79.9. The number of carbonyl (C=O) groups is 1. The van der Waals surface area contributed by atoms with E-state index in [1.165, 1.54) is 0 Å². The molecule has 1 heterocycles. The zero-order valence-electron chi connectivity index (χ0n) is 6.54. The van der Waals surface area contributed by atoms with E-state index in [0.29, 0.717) is 5.56 Å². The first-order valence-electron chi connectivity index (χ1n) is 3.69. The van der Waals surface area contributed by atoms with Crippen molar-refractivity contribution in [1.82, 2.24) is 4.98 Å². The predicted molar refractivity (Wildman–Crippen MR) is 53.0 cm³/mol. The van der Waals surface area contributed by atoms with Crippen molar-refractivity contribution in [2.75, 3.05) is 0 Å². The molecule has 2 N–H and O–H groups in total. The van der Waals surface area contributed by atoms with Crippen LogP contribution >= 0.6 is 15.9 Å². The van der Waals surface area contributed by atoms with Gasteiger partial charge in [-0.2, -0.15) is 0 Å². The second-order valence-corrected chi connectivity index (χ2v) is 3.52. The number of aromatic carboxylic acids is 1. The number of nitrogens with one attached hydrogen (secondary N) is 1. The molecule has 0 fully saturated rings. The molecule has 66 valence electrons. The van der Waals surface area contributed by atoms with Gasteiger partial charge in [0.2, 0.25) is 0 Å². The van der Waals surface area contributed by atoms with Crippen molar-refractivity contribution >= 4 is 32.8 Å². The second-order valence-electron chi connectivity index (χ2n) is 2.67. The molecule has 0 spiro atoms. The number of H-pyrrole nitrogens is 1. The van der Waals surface area contributed by atoms with Gasteiger partial charge in [0.05, 0.1) is 11.1 Å². The molecule has 1 aromatic carbocycles. The third-order valence-corrected chi connectivity index (χ3v) is 2.56. The van der Waals surface area contributed by atoms with E-state index in [2.05, 4.69) is 20.9 Å². The summed E-state index contributed by atoms with van der Waals surface area (Å²) >= 11 is 3.34. The number of benzene rings is 1. The minimum Gasteiger partial charge on any atom is -0.478 e. The van der Waals surface area contributed by atoms with E-state index in [4.69, 9.17) is 5.11 Å². The van der Waals surface area contributed by atoms with Crippen molar-refractivity contribution < 1.29 is 9.90 Å². The van der Waals surface area contributed by atoms with Gasteiger partial charge < -0.3 is 10.1 Å². The Hall–Kier alpha value is -1.29. The van der Waals surface area contributed by atoms with Crippen LogP contribution < -0.4 is 0 Å². The van der Waals surface area contributed by atoms with Crippen LogP contribution in [0.1, 0.15) is 10.4 Å². The normalized spacial score (nSPS) is 10.5. The lowest BCUT2D eigenvalue weighted by atomic mass is 10.1. The summed E-state index contributed by atoms with van der Waals surface area (Å²) < 4.78 is 0.873. The molecule has 0 saturated heterocycles. The van der Waals surface area contributed by atoms with Crippen LogP contribution in [0.5, 0.6) is 0 Å². The van der Waals surface area contributed by atoms with Gasteiger partial charge in [-0.15, -0.1) is 0 Å². The third kappa shape index (κ3) is 1.23. The summed E-state index contributed by atoms with van der Waals surface area (Å²) in [5.41, 5.74) is 1.14. The van der Waals surface area contributed by atoms with E-state index in [1.54, 1.807) is 24.4 Å². The number of hydrogen-bond acceptors (Lipinski definition) is 1. The highest BCUT2D eigenvalue weighted by Crippen LogP contribution is 2.25. The minimum atomic E-state index is -0.905. The molecule has 4 heteroatoms. The zero-order valence-corrected chi connectivity index (χ0v) is 8.13. The molecule has 0 aliphatic heterocycles. The van der Waals surface area contributed by atoms with Crippen LogP contribution in [-0.2, 0) is 0 Å². The van der Waals surface area contributed by atoms with Gasteiger partial charge in [0.15, 0.2) is 0 Å². The van der Waals surface area contributed by atoms with Gasteiger partial charge >= 0.3 is 5.97 Å². The molecule has 0 unspecified atom stereocenters. The third-order valence-electron chi connectivity index (χ3n) is 1.90. The molecule has 0 atom stereocenters. The summed E-state index contributed by atoms with van der Waals surface area (Å²) in [6.07, 6.45) is 1.72. The van der Waals surface area contributed by atoms with Crippen molar-refractivity contribution in [1.29, 1.82) is 0 Å². The molecule has 0 amide bonds. The second kappa shape index (κ2) is 2.88. The van der Waals surface area contributed by atoms with Crippen LogP contribution in [0.15, 0.2) is 28.9 Å².